The van der Waals surface area contributed by atoms with Gasteiger partial charge in [0.05, 0.1) is 6.61 Å². The van der Waals surface area contributed by atoms with E-state index in [1.165, 1.54) is 27.8 Å². The van der Waals surface area contributed by atoms with Gasteiger partial charge in [-0.2, -0.15) is 0 Å². The summed E-state index contributed by atoms with van der Waals surface area (Å²) in [6.07, 6.45) is 9.40. The lowest BCUT2D eigenvalue weighted by Crippen LogP contribution is -2.30. The number of Topliss-reactive ketones (excluding diaryl/α,β-unsaturated/α-hetero) is 1. The molecule has 1 N–H and O–H groups in total. The van der Waals surface area contributed by atoms with E-state index in [1.54, 1.807) is 13.1 Å². The van der Waals surface area contributed by atoms with E-state index in [9.17, 15) is 9.90 Å². The van der Waals surface area contributed by atoms with Crippen LogP contribution in [0.5, 0.6) is 0 Å². The number of hydrogen-bond donors (Lipinski definition) is 1. The number of aliphatic hydroxyl groups is 1. The van der Waals surface area contributed by atoms with Gasteiger partial charge in [0.2, 0.25) is 0 Å². The Balaban J connectivity index is 1.83. The van der Waals surface area contributed by atoms with Crippen LogP contribution in [0.4, 0.5) is 0 Å². The number of carbonyl (C=O) groups is 1. The fraction of sp³-hybridized carbons (Fsp3) is 0.286. The fourth-order valence-corrected chi connectivity index (χ4v) is 3.66. The van der Waals surface area contributed by atoms with Gasteiger partial charge in [0.1, 0.15) is 5.78 Å². The van der Waals surface area contributed by atoms with Crippen molar-refractivity contribution in [3.05, 3.63) is 88.7 Å². The molecule has 0 aliphatic rings. The molecular formula is C28H31NO2. The smallest absolute Gasteiger partial charge is 0.137 e. The highest BCUT2D eigenvalue weighted by Crippen LogP contribution is 2.28. The molecule has 3 heteroatoms. The van der Waals surface area contributed by atoms with Crippen molar-refractivity contribution in [3.8, 4) is 11.1 Å². The maximum Gasteiger partial charge on any atom is 0.137 e. The summed E-state index contributed by atoms with van der Waals surface area (Å²) in [4.78, 5) is 16.1. The van der Waals surface area contributed by atoms with Crippen molar-refractivity contribution >= 4 is 17.9 Å². The zero-order valence-electron chi connectivity index (χ0n) is 18.9. The van der Waals surface area contributed by atoms with E-state index in [0.717, 1.165) is 17.5 Å². The molecule has 0 amide bonds. The average molecular weight is 414 g/mol. The molecule has 0 bridgehead atoms. The number of rotatable bonds is 8. The molecule has 0 aliphatic heterocycles. The van der Waals surface area contributed by atoms with Crippen LogP contribution < -0.4 is 0 Å². The summed E-state index contributed by atoms with van der Waals surface area (Å²) in [6, 6.07) is 16.8. The summed E-state index contributed by atoms with van der Waals surface area (Å²) in [5.41, 5.74) is 7.57. The van der Waals surface area contributed by atoms with E-state index in [2.05, 4.69) is 73.4 Å². The summed E-state index contributed by atoms with van der Waals surface area (Å²) < 4.78 is 0. The fourth-order valence-electron chi connectivity index (χ4n) is 3.66. The molecule has 31 heavy (non-hydrogen) atoms. The Morgan fingerprint density at radius 3 is 2.52 bits per heavy atom. The van der Waals surface area contributed by atoms with Gasteiger partial charge in [-0.3, -0.25) is 9.78 Å². The third-order valence-corrected chi connectivity index (χ3v) is 6.30. The molecule has 0 aliphatic carbocycles. The first-order valence-corrected chi connectivity index (χ1v) is 10.7. The summed E-state index contributed by atoms with van der Waals surface area (Å²) >= 11 is 0. The Labute approximate surface area is 185 Å². The first kappa shape index (κ1) is 22.6. The molecule has 2 aromatic carbocycles. The number of aliphatic hydroxyl groups excluding tert-OH is 1. The standard InChI is InChI=1S/C28H31NO2/c1-20-10-11-23(14-15-28(4,19-30)22(3)31)17-25(20)13-12-24-7-5-9-27(21(24)2)26-8-6-16-29-18-26/h5-13,16-18,30H,14-15,19H2,1-4H3/b13-12+/t28-/m0/s1. The zero-order valence-corrected chi connectivity index (χ0v) is 18.9. The van der Waals surface area contributed by atoms with Gasteiger partial charge < -0.3 is 5.11 Å². The van der Waals surface area contributed by atoms with Gasteiger partial charge in [-0.1, -0.05) is 61.5 Å². The molecule has 0 radical (unpaired) electrons. The van der Waals surface area contributed by atoms with Crippen LogP contribution in [0.3, 0.4) is 0 Å². The molecule has 0 fully saturated rings. The first-order chi connectivity index (χ1) is 14.8. The lowest BCUT2D eigenvalue weighted by atomic mass is 9.81. The van der Waals surface area contributed by atoms with Crippen LogP contribution in [-0.4, -0.2) is 22.5 Å². The predicted molar refractivity (Wildman–Crippen MR) is 129 cm³/mol. The number of ketones is 1. The van der Waals surface area contributed by atoms with E-state index in [-0.39, 0.29) is 12.4 Å². The van der Waals surface area contributed by atoms with Crippen molar-refractivity contribution in [3.63, 3.8) is 0 Å². The van der Waals surface area contributed by atoms with Crippen LogP contribution in [0.1, 0.15) is 48.1 Å². The molecule has 1 heterocycles. The van der Waals surface area contributed by atoms with Crippen molar-refractivity contribution < 1.29 is 9.90 Å². The van der Waals surface area contributed by atoms with Crippen LogP contribution in [0.2, 0.25) is 0 Å². The SMILES string of the molecule is CC(=O)[C@](C)(CO)CCc1ccc(C)c(/C=C/c2cccc(-c3cccnc3)c2C)c1. The highest BCUT2D eigenvalue weighted by molar-refractivity contribution is 5.82. The van der Waals surface area contributed by atoms with Crippen molar-refractivity contribution in [2.45, 2.75) is 40.5 Å². The van der Waals surface area contributed by atoms with Crippen molar-refractivity contribution in [1.82, 2.24) is 4.98 Å². The van der Waals surface area contributed by atoms with Gasteiger partial charge in [-0.05, 0) is 73.1 Å². The second-order valence-electron chi connectivity index (χ2n) is 8.56. The maximum absolute atomic E-state index is 11.9. The third kappa shape index (κ3) is 5.36. The molecule has 1 atom stereocenters. The van der Waals surface area contributed by atoms with Crippen LogP contribution in [0, 0.1) is 19.3 Å². The molecule has 0 saturated carbocycles. The zero-order chi connectivity index (χ0) is 22.4. The molecular weight excluding hydrogens is 382 g/mol. The second-order valence-corrected chi connectivity index (χ2v) is 8.56. The topological polar surface area (TPSA) is 50.2 Å². The van der Waals surface area contributed by atoms with Gasteiger partial charge in [0, 0.05) is 23.4 Å². The average Bonchev–Trinajstić information content (AvgIpc) is 2.78. The summed E-state index contributed by atoms with van der Waals surface area (Å²) in [7, 11) is 0. The number of hydrogen-bond acceptors (Lipinski definition) is 3. The van der Waals surface area contributed by atoms with Gasteiger partial charge in [0.25, 0.3) is 0 Å². The Hall–Kier alpha value is -3.04. The third-order valence-electron chi connectivity index (χ3n) is 6.30. The molecule has 3 rings (SSSR count). The number of pyridine rings is 1. The molecule has 3 nitrogen and oxygen atoms in total. The van der Waals surface area contributed by atoms with Crippen LogP contribution >= 0.6 is 0 Å². The molecule has 160 valence electrons. The van der Waals surface area contributed by atoms with Gasteiger partial charge in [-0.15, -0.1) is 0 Å². The highest BCUT2D eigenvalue weighted by Gasteiger charge is 2.28. The highest BCUT2D eigenvalue weighted by atomic mass is 16.3. The number of benzene rings is 2. The van der Waals surface area contributed by atoms with Gasteiger partial charge in [-0.25, -0.2) is 0 Å². The summed E-state index contributed by atoms with van der Waals surface area (Å²) in [5, 5.41) is 9.64. The predicted octanol–water partition coefficient (Wildman–Crippen LogP) is 6.06. The molecule has 1 aromatic heterocycles. The minimum atomic E-state index is -0.676. The van der Waals surface area contributed by atoms with E-state index in [1.807, 2.05) is 19.2 Å². The quantitative estimate of drug-likeness (QED) is 0.457. The molecule has 3 aromatic rings. The van der Waals surface area contributed by atoms with E-state index in [0.29, 0.717) is 6.42 Å². The molecule has 0 saturated heterocycles. The van der Waals surface area contributed by atoms with E-state index >= 15 is 0 Å². The first-order valence-electron chi connectivity index (χ1n) is 10.7. The number of carbonyl (C=O) groups excluding carboxylic acids is 1. The normalized spacial score (nSPS) is 13.3. The minimum absolute atomic E-state index is 0.0335. The Kier molecular flexibility index (Phi) is 7.19. The number of nitrogens with zero attached hydrogens (tertiary/aromatic N) is 1. The number of aromatic nitrogens is 1. The Bertz CT molecular complexity index is 1090. The summed E-state index contributed by atoms with van der Waals surface area (Å²) in [5.74, 6) is 0.0335. The minimum Gasteiger partial charge on any atom is -0.395 e. The van der Waals surface area contributed by atoms with Gasteiger partial charge >= 0.3 is 0 Å². The van der Waals surface area contributed by atoms with Crippen LogP contribution in [0.15, 0.2) is 60.9 Å². The van der Waals surface area contributed by atoms with Crippen LogP contribution in [0.25, 0.3) is 23.3 Å². The van der Waals surface area contributed by atoms with E-state index < -0.39 is 5.41 Å². The number of aryl methyl sites for hydroxylation is 2. The summed E-state index contributed by atoms with van der Waals surface area (Å²) in [6.45, 7) is 7.52. The van der Waals surface area contributed by atoms with E-state index in [4.69, 9.17) is 0 Å². The van der Waals surface area contributed by atoms with Crippen LogP contribution in [-0.2, 0) is 11.2 Å². The lowest BCUT2D eigenvalue weighted by molar-refractivity contribution is -0.128. The van der Waals surface area contributed by atoms with Crippen molar-refractivity contribution in [1.29, 1.82) is 0 Å². The lowest BCUT2D eigenvalue weighted by Gasteiger charge is -2.24. The van der Waals surface area contributed by atoms with Gasteiger partial charge in [0.15, 0.2) is 0 Å². The molecule has 0 spiro atoms. The Morgan fingerprint density at radius 2 is 1.84 bits per heavy atom. The monoisotopic (exact) mass is 413 g/mol. The van der Waals surface area contributed by atoms with Crippen molar-refractivity contribution in [2.24, 2.45) is 5.41 Å². The maximum atomic E-state index is 11.9. The largest absolute Gasteiger partial charge is 0.395 e. The molecule has 0 unspecified atom stereocenters. The Morgan fingerprint density at radius 1 is 1.06 bits per heavy atom. The second kappa shape index (κ2) is 9.84. The van der Waals surface area contributed by atoms with Crippen molar-refractivity contribution in [2.75, 3.05) is 6.61 Å².